The number of hydrogen-bond donors (Lipinski definition) is 2. The number of nitrogens with zero attached hydrogens (tertiary/aromatic N) is 3. The van der Waals surface area contributed by atoms with E-state index in [1.54, 1.807) is 14.0 Å². The zero-order valence-electron chi connectivity index (χ0n) is 10.1. The van der Waals surface area contributed by atoms with Crippen LogP contribution in [0.25, 0.3) is 0 Å². The number of guanidine groups is 1. The molecule has 98 valence electrons. The average molecular weight is 355 g/mol. The Bertz CT molecular complexity index is 355. The summed E-state index contributed by atoms with van der Waals surface area (Å²) in [5.41, 5.74) is 5.66. The summed E-state index contributed by atoms with van der Waals surface area (Å²) in [4.78, 5) is 8.08. The summed E-state index contributed by atoms with van der Waals surface area (Å²) in [7, 11) is 1.63. The molecule has 0 aromatic carbocycles. The Morgan fingerprint density at radius 3 is 2.88 bits per heavy atom. The van der Waals surface area contributed by atoms with Gasteiger partial charge in [-0.05, 0) is 6.92 Å². The van der Waals surface area contributed by atoms with Crippen LogP contribution in [0.2, 0.25) is 0 Å². The molecule has 0 aliphatic carbocycles. The van der Waals surface area contributed by atoms with Crippen LogP contribution in [-0.2, 0) is 11.3 Å². The van der Waals surface area contributed by atoms with Gasteiger partial charge in [-0.1, -0.05) is 5.16 Å². The smallest absolute Gasteiger partial charge is 0.223 e. The largest absolute Gasteiger partial charge is 0.383 e. The average Bonchev–Trinajstić information content (AvgIpc) is 2.61. The van der Waals surface area contributed by atoms with E-state index in [0.29, 0.717) is 30.8 Å². The fraction of sp³-hybridized carbons (Fsp3) is 0.667. The van der Waals surface area contributed by atoms with Crippen LogP contribution < -0.4 is 11.1 Å². The zero-order chi connectivity index (χ0) is 12.0. The molecular weight excluding hydrogens is 337 g/mol. The number of ether oxygens (including phenoxy) is 1. The van der Waals surface area contributed by atoms with E-state index in [-0.39, 0.29) is 30.0 Å². The molecule has 0 saturated heterocycles. The molecule has 8 heteroatoms. The van der Waals surface area contributed by atoms with Gasteiger partial charge in [0.15, 0.2) is 11.8 Å². The molecule has 0 fully saturated rings. The zero-order valence-corrected chi connectivity index (χ0v) is 12.5. The van der Waals surface area contributed by atoms with Crippen LogP contribution in [0, 0.1) is 6.92 Å². The molecule has 0 saturated carbocycles. The number of rotatable bonds is 5. The fourth-order valence-corrected chi connectivity index (χ4v) is 1.15. The third-order valence-electron chi connectivity index (χ3n) is 1.77. The Hall–Kier alpha value is -0.900. The SMILES string of the molecule is COCC(C)NC(N)=NCc1noc(C)n1.I. The van der Waals surface area contributed by atoms with Crippen molar-refractivity contribution in [2.75, 3.05) is 13.7 Å². The highest BCUT2D eigenvalue weighted by atomic mass is 127. The van der Waals surface area contributed by atoms with Crippen LogP contribution >= 0.6 is 24.0 Å². The van der Waals surface area contributed by atoms with E-state index in [1.165, 1.54) is 0 Å². The van der Waals surface area contributed by atoms with Gasteiger partial charge in [0.1, 0.15) is 6.54 Å². The second-order valence-corrected chi connectivity index (χ2v) is 3.43. The minimum atomic E-state index is 0. The number of aryl methyl sites for hydroxylation is 1. The Kier molecular flexibility index (Phi) is 7.79. The highest BCUT2D eigenvalue weighted by molar-refractivity contribution is 14.0. The van der Waals surface area contributed by atoms with Gasteiger partial charge in [-0.3, -0.25) is 0 Å². The minimum Gasteiger partial charge on any atom is -0.383 e. The van der Waals surface area contributed by atoms with E-state index in [2.05, 4.69) is 20.4 Å². The number of halogens is 1. The van der Waals surface area contributed by atoms with Crippen LogP contribution in [0.1, 0.15) is 18.6 Å². The Labute approximate surface area is 117 Å². The van der Waals surface area contributed by atoms with E-state index in [4.69, 9.17) is 15.0 Å². The van der Waals surface area contributed by atoms with Crippen LogP contribution in [0.15, 0.2) is 9.52 Å². The van der Waals surface area contributed by atoms with Gasteiger partial charge < -0.3 is 20.3 Å². The maximum absolute atomic E-state index is 5.66. The monoisotopic (exact) mass is 355 g/mol. The van der Waals surface area contributed by atoms with Crippen molar-refractivity contribution >= 4 is 29.9 Å². The van der Waals surface area contributed by atoms with E-state index < -0.39 is 0 Å². The summed E-state index contributed by atoms with van der Waals surface area (Å²) >= 11 is 0. The van der Waals surface area contributed by atoms with Crippen molar-refractivity contribution in [1.29, 1.82) is 0 Å². The van der Waals surface area contributed by atoms with Crippen LogP contribution in [0.5, 0.6) is 0 Å². The number of aliphatic imine (C=N–C) groups is 1. The fourth-order valence-electron chi connectivity index (χ4n) is 1.15. The normalized spacial score (nSPS) is 13.0. The van der Waals surface area contributed by atoms with Crippen molar-refractivity contribution in [3.05, 3.63) is 11.7 Å². The van der Waals surface area contributed by atoms with Crippen LogP contribution in [0.3, 0.4) is 0 Å². The summed E-state index contributed by atoms with van der Waals surface area (Å²) in [6.45, 7) is 4.54. The van der Waals surface area contributed by atoms with Crippen molar-refractivity contribution in [2.45, 2.75) is 26.4 Å². The molecule has 0 spiro atoms. The maximum Gasteiger partial charge on any atom is 0.223 e. The summed E-state index contributed by atoms with van der Waals surface area (Å²) in [6, 6.07) is 0.112. The van der Waals surface area contributed by atoms with Gasteiger partial charge in [0.25, 0.3) is 0 Å². The lowest BCUT2D eigenvalue weighted by molar-refractivity contribution is 0.179. The summed E-state index contributed by atoms with van der Waals surface area (Å²) < 4.78 is 9.76. The Morgan fingerprint density at radius 1 is 1.65 bits per heavy atom. The van der Waals surface area contributed by atoms with Gasteiger partial charge in [-0.25, -0.2) is 4.99 Å². The van der Waals surface area contributed by atoms with Crippen molar-refractivity contribution in [2.24, 2.45) is 10.7 Å². The van der Waals surface area contributed by atoms with Gasteiger partial charge in [0.2, 0.25) is 5.89 Å². The third kappa shape index (κ3) is 6.41. The number of nitrogens with one attached hydrogen (secondary N) is 1. The molecular formula is C9H18IN5O2. The predicted molar refractivity (Wildman–Crippen MR) is 74.3 cm³/mol. The number of aromatic nitrogens is 2. The van der Waals surface area contributed by atoms with Crippen LogP contribution in [-0.4, -0.2) is 35.9 Å². The quantitative estimate of drug-likeness (QED) is 0.452. The predicted octanol–water partition coefficient (Wildman–Crippen LogP) is 0.435. The molecule has 7 nitrogen and oxygen atoms in total. The van der Waals surface area contributed by atoms with Crippen molar-refractivity contribution in [3.8, 4) is 0 Å². The van der Waals surface area contributed by atoms with Crippen molar-refractivity contribution in [1.82, 2.24) is 15.5 Å². The number of nitrogens with two attached hydrogens (primary N) is 1. The van der Waals surface area contributed by atoms with E-state index in [1.807, 2.05) is 6.92 Å². The standard InChI is InChI=1S/C9H17N5O2.HI/c1-6(5-15-3)12-9(10)11-4-8-13-7(2)16-14-8;/h6H,4-5H2,1-3H3,(H3,10,11,12);1H. The van der Waals surface area contributed by atoms with E-state index in [9.17, 15) is 0 Å². The molecule has 1 rings (SSSR count). The van der Waals surface area contributed by atoms with Crippen molar-refractivity contribution in [3.63, 3.8) is 0 Å². The molecule has 3 N–H and O–H groups in total. The molecule has 1 atom stereocenters. The van der Waals surface area contributed by atoms with E-state index in [0.717, 1.165) is 0 Å². The highest BCUT2D eigenvalue weighted by Crippen LogP contribution is 1.96. The van der Waals surface area contributed by atoms with Gasteiger partial charge >= 0.3 is 0 Å². The van der Waals surface area contributed by atoms with Gasteiger partial charge in [-0.15, -0.1) is 24.0 Å². The summed E-state index contributed by atoms with van der Waals surface area (Å²) in [6.07, 6.45) is 0. The van der Waals surface area contributed by atoms with Gasteiger partial charge in [-0.2, -0.15) is 4.98 Å². The molecule has 0 aliphatic heterocycles. The first kappa shape index (κ1) is 16.1. The second-order valence-electron chi connectivity index (χ2n) is 3.43. The summed E-state index contributed by atoms with van der Waals surface area (Å²) in [5.74, 6) is 1.37. The van der Waals surface area contributed by atoms with Crippen LogP contribution in [0.4, 0.5) is 0 Å². The lowest BCUT2D eigenvalue weighted by Gasteiger charge is -2.12. The molecule has 0 amide bonds. The molecule has 1 aromatic rings. The highest BCUT2D eigenvalue weighted by Gasteiger charge is 2.03. The first-order valence-electron chi connectivity index (χ1n) is 4.96. The first-order chi connectivity index (χ1) is 7.61. The molecule has 1 aromatic heterocycles. The lowest BCUT2D eigenvalue weighted by Crippen LogP contribution is -2.40. The number of methoxy groups -OCH3 is 1. The third-order valence-corrected chi connectivity index (χ3v) is 1.77. The Morgan fingerprint density at radius 2 is 2.35 bits per heavy atom. The summed E-state index contributed by atoms with van der Waals surface area (Å²) in [5, 5.41) is 6.68. The molecule has 1 heterocycles. The van der Waals surface area contributed by atoms with E-state index >= 15 is 0 Å². The molecule has 1 unspecified atom stereocenters. The Balaban J connectivity index is 0.00000256. The van der Waals surface area contributed by atoms with Gasteiger partial charge in [0, 0.05) is 20.1 Å². The number of hydrogen-bond acceptors (Lipinski definition) is 5. The van der Waals surface area contributed by atoms with Gasteiger partial charge in [0.05, 0.1) is 6.61 Å². The topological polar surface area (TPSA) is 98.6 Å². The maximum atomic E-state index is 5.66. The molecule has 0 bridgehead atoms. The molecule has 0 aliphatic rings. The second kappa shape index (κ2) is 8.23. The lowest BCUT2D eigenvalue weighted by atomic mass is 10.4. The minimum absolute atomic E-state index is 0. The molecule has 0 radical (unpaired) electrons. The first-order valence-corrected chi connectivity index (χ1v) is 4.96. The molecule has 17 heavy (non-hydrogen) atoms. The van der Waals surface area contributed by atoms with Crippen molar-refractivity contribution < 1.29 is 9.26 Å².